The minimum absolute atomic E-state index is 0.0519. The van der Waals surface area contributed by atoms with Crippen molar-refractivity contribution >= 4 is 11.6 Å². The third-order valence-corrected chi connectivity index (χ3v) is 6.02. The molecule has 1 fully saturated rings. The first-order valence-corrected chi connectivity index (χ1v) is 10.4. The Bertz CT molecular complexity index is 1250. The molecule has 0 radical (unpaired) electrons. The standard InChI is InChI=1S/C25H19F2NO5/c1-31-19-5-3-2-4-18(19)23(30)15-6-8-17(28-14-15)13-22(29)24(10-11-24)16-7-9-20-21(12-16)33-25(26,27)32-20/h2-9,12,14H,10-11,13H2,1H3. The van der Waals surface area contributed by atoms with Gasteiger partial charge in [-0.1, -0.05) is 18.2 Å². The fraction of sp³-hybridized carbons (Fsp3) is 0.240. The molecule has 0 bridgehead atoms. The molecule has 0 amide bonds. The van der Waals surface area contributed by atoms with Crippen molar-refractivity contribution in [3.05, 3.63) is 83.2 Å². The van der Waals surface area contributed by atoms with Crippen molar-refractivity contribution in [3.63, 3.8) is 0 Å². The maximum absolute atomic E-state index is 13.3. The smallest absolute Gasteiger partial charge is 0.496 e. The number of pyridine rings is 1. The van der Waals surface area contributed by atoms with E-state index in [0.717, 1.165) is 0 Å². The van der Waals surface area contributed by atoms with Crippen molar-refractivity contribution in [2.75, 3.05) is 7.11 Å². The molecular weight excluding hydrogens is 432 g/mol. The second-order valence-electron chi connectivity index (χ2n) is 8.08. The molecular formula is C25H19F2NO5. The summed E-state index contributed by atoms with van der Waals surface area (Å²) in [6, 6.07) is 14.7. The number of carbonyl (C=O) groups is 2. The number of hydrogen-bond acceptors (Lipinski definition) is 6. The number of Topliss-reactive ketones (excluding diaryl/α,β-unsaturated/α-hetero) is 1. The predicted molar refractivity (Wildman–Crippen MR) is 113 cm³/mol. The molecule has 3 aromatic rings. The Morgan fingerprint density at radius 3 is 2.48 bits per heavy atom. The molecule has 168 valence electrons. The molecule has 33 heavy (non-hydrogen) atoms. The number of aromatic nitrogens is 1. The Morgan fingerprint density at radius 1 is 1.03 bits per heavy atom. The van der Waals surface area contributed by atoms with Crippen molar-refractivity contribution in [3.8, 4) is 17.2 Å². The van der Waals surface area contributed by atoms with E-state index in [2.05, 4.69) is 14.5 Å². The highest BCUT2D eigenvalue weighted by atomic mass is 19.3. The van der Waals surface area contributed by atoms with Crippen molar-refractivity contribution in [1.82, 2.24) is 4.98 Å². The molecule has 0 saturated heterocycles. The minimum atomic E-state index is -3.70. The van der Waals surface area contributed by atoms with Gasteiger partial charge in [0.1, 0.15) is 11.5 Å². The number of halogens is 2. The number of methoxy groups -OCH3 is 1. The number of benzene rings is 2. The maximum Gasteiger partial charge on any atom is 0.586 e. The Balaban J connectivity index is 1.31. The van der Waals surface area contributed by atoms with E-state index in [1.54, 1.807) is 42.5 Å². The summed E-state index contributed by atoms with van der Waals surface area (Å²) >= 11 is 0. The molecule has 5 rings (SSSR count). The average Bonchev–Trinajstić information content (AvgIpc) is 3.56. The molecule has 1 aliphatic carbocycles. The van der Waals surface area contributed by atoms with Crippen LogP contribution in [0.4, 0.5) is 8.78 Å². The number of para-hydroxylation sites is 1. The molecule has 2 aliphatic rings. The van der Waals surface area contributed by atoms with Gasteiger partial charge < -0.3 is 14.2 Å². The van der Waals surface area contributed by atoms with E-state index in [0.29, 0.717) is 41.0 Å². The summed E-state index contributed by atoms with van der Waals surface area (Å²) in [5, 5.41) is 0. The zero-order valence-electron chi connectivity index (χ0n) is 17.6. The van der Waals surface area contributed by atoms with Crippen LogP contribution in [0.15, 0.2) is 60.8 Å². The van der Waals surface area contributed by atoms with Gasteiger partial charge in [-0.25, -0.2) is 0 Å². The molecule has 2 aromatic carbocycles. The SMILES string of the molecule is COc1ccccc1C(=O)c1ccc(CC(=O)C2(c3ccc4c(c3)OC(F)(F)O4)CC2)nc1. The largest absolute Gasteiger partial charge is 0.586 e. The lowest BCUT2D eigenvalue weighted by Crippen LogP contribution is -2.26. The number of alkyl halides is 2. The fourth-order valence-electron chi connectivity index (χ4n) is 4.08. The van der Waals surface area contributed by atoms with Crippen molar-refractivity contribution in [2.24, 2.45) is 0 Å². The van der Waals surface area contributed by atoms with E-state index in [9.17, 15) is 18.4 Å². The van der Waals surface area contributed by atoms with Crippen molar-refractivity contribution < 1.29 is 32.6 Å². The highest BCUT2D eigenvalue weighted by molar-refractivity contribution is 6.10. The quantitative estimate of drug-likeness (QED) is 0.493. The normalized spacial score (nSPS) is 16.8. The predicted octanol–water partition coefficient (Wildman–Crippen LogP) is 4.49. The number of ether oxygens (including phenoxy) is 3. The number of nitrogens with zero attached hydrogens (tertiary/aromatic N) is 1. The first-order valence-electron chi connectivity index (χ1n) is 10.4. The van der Waals surface area contributed by atoms with E-state index in [-0.39, 0.29) is 29.5 Å². The van der Waals surface area contributed by atoms with E-state index in [1.165, 1.54) is 25.4 Å². The highest BCUT2D eigenvalue weighted by Crippen LogP contribution is 2.52. The van der Waals surface area contributed by atoms with Crippen LogP contribution in [-0.4, -0.2) is 30.0 Å². The van der Waals surface area contributed by atoms with Crippen LogP contribution in [0.1, 0.15) is 40.0 Å². The van der Waals surface area contributed by atoms with E-state index in [4.69, 9.17) is 4.74 Å². The molecule has 1 aliphatic heterocycles. The van der Waals surface area contributed by atoms with Gasteiger partial charge in [-0.3, -0.25) is 14.6 Å². The fourth-order valence-corrected chi connectivity index (χ4v) is 4.08. The van der Waals surface area contributed by atoms with Crippen LogP contribution in [0.25, 0.3) is 0 Å². The zero-order chi connectivity index (χ0) is 23.2. The number of carbonyl (C=O) groups excluding carboxylic acids is 2. The molecule has 0 spiro atoms. The monoisotopic (exact) mass is 451 g/mol. The van der Waals surface area contributed by atoms with Gasteiger partial charge in [0.2, 0.25) is 0 Å². The molecule has 0 N–H and O–H groups in total. The number of ketones is 2. The second-order valence-corrected chi connectivity index (χ2v) is 8.08. The van der Waals surface area contributed by atoms with Gasteiger partial charge in [0.15, 0.2) is 17.3 Å². The minimum Gasteiger partial charge on any atom is -0.496 e. The van der Waals surface area contributed by atoms with Gasteiger partial charge in [-0.05, 0) is 54.8 Å². The number of fused-ring (bicyclic) bond motifs is 1. The van der Waals surface area contributed by atoms with E-state index in [1.807, 2.05) is 0 Å². The molecule has 6 nitrogen and oxygen atoms in total. The maximum atomic E-state index is 13.3. The molecule has 2 heterocycles. The number of rotatable bonds is 7. The van der Waals surface area contributed by atoms with Crippen LogP contribution in [0.3, 0.4) is 0 Å². The van der Waals surface area contributed by atoms with Crippen LogP contribution >= 0.6 is 0 Å². The summed E-state index contributed by atoms with van der Waals surface area (Å²) in [4.78, 5) is 30.2. The van der Waals surface area contributed by atoms with Gasteiger partial charge in [-0.2, -0.15) is 0 Å². The van der Waals surface area contributed by atoms with E-state index < -0.39 is 11.7 Å². The Kier molecular flexibility index (Phi) is 4.88. The topological polar surface area (TPSA) is 74.7 Å². The van der Waals surface area contributed by atoms with Crippen molar-refractivity contribution in [2.45, 2.75) is 31.0 Å². The summed E-state index contributed by atoms with van der Waals surface area (Å²) < 4.78 is 40.8. The molecule has 0 unspecified atom stereocenters. The summed E-state index contributed by atoms with van der Waals surface area (Å²) in [6.45, 7) is 0. The van der Waals surface area contributed by atoms with Gasteiger partial charge in [0.25, 0.3) is 0 Å². The van der Waals surface area contributed by atoms with E-state index >= 15 is 0 Å². The summed E-state index contributed by atoms with van der Waals surface area (Å²) in [7, 11) is 1.50. The lowest BCUT2D eigenvalue weighted by molar-refractivity contribution is -0.286. The molecule has 0 atom stereocenters. The van der Waals surface area contributed by atoms with Gasteiger partial charge in [-0.15, -0.1) is 8.78 Å². The number of hydrogen-bond donors (Lipinski definition) is 0. The van der Waals surface area contributed by atoms with Gasteiger partial charge >= 0.3 is 6.29 Å². The van der Waals surface area contributed by atoms with Crippen LogP contribution in [0, 0.1) is 0 Å². The Morgan fingerprint density at radius 2 is 1.79 bits per heavy atom. The summed E-state index contributed by atoms with van der Waals surface area (Å²) in [6.07, 6.45) is -0.958. The average molecular weight is 451 g/mol. The van der Waals surface area contributed by atoms with Crippen LogP contribution in [-0.2, 0) is 16.6 Å². The lowest BCUT2D eigenvalue weighted by atomic mass is 9.88. The van der Waals surface area contributed by atoms with Gasteiger partial charge in [0, 0.05) is 23.9 Å². The third kappa shape index (κ3) is 3.82. The summed E-state index contributed by atoms with van der Waals surface area (Å²) in [5.74, 6) is 0.0508. The Hall–Kier alpha value is -3.81. The first-order chi connectivity index (χ1) is 15.8. The lowest BCUT2D eigenvalue weighted by Gasteiger charge is -2.15. The summed E-state index contributed by atoms with van der Waals surface area (Å²) in [5.41, 5.74) is 1.21. The Labute approximate surface area is 188 Å². The molecule has 1 saturated carbocycles. The van der Waals surface area contributed by atoms with Crippen molar-refractivity contribution in [1.29, 1.82) is 0 Å². The first kappa shape index (κ1) is 21.1. The third-order valence-electron chi connectivity index (χ3n) is 6.02. The second kappa shape index (κ2) is 7.65. The van der Waals surface area contributed by atoms with Gasteiger partial charge in [0.05, 0.1) is 18.1 Å². The van der Waals surface area contributed by atoms with Crippen LogP contribution in [0.2, 0.25) is 0 Å². The van der Waals surface area contributed by atoms with Crippen LogP contribution in [0.5, 0.6) is 17.2 Å². The zero-order valence-corrected chi connectivity index (χ0v) is 17.6. The molecule has 8 heteroatoms. The molecule has 1 aromatic heterocycles. The highest BCUT2D eigenvalue weighted by Gasteiger charge is 2.52. The van der Waals surface area contributed by atoms with Crippen LogP contribution < -0.4 is 14.2 Å².